The van der Waals surface area contributed by atoms with Gasteiger partial charge >= 0.3 is 0 Å². The van der Waals surface area contributed by atoms with Gasteiger partial charge in [0.15, 0.2) is 5.82 Å². The number of hydrogen-bond acceptors (Lipinski definition) is 5. The summed E-state index contributed by atoms with van der Waals surface area (Å²) in [4.78, 5) is 21.1. The quantitative estimate of drug-likeness (QED) is 0.712. The van der Waals surface area contributed by atoms with Gasteiger partial charge in [-0.1, -0.05) is 12.1 Å². The predicted molar refractivity (Wildman–Crippen MR) is 95.4 cm³/mol. The van der Waals surface area contributed by atoms with Crippen molar-refractivity contribution >= 4 is 5.91 Å². The Morgan fingerprint density at radius 3 is 2.58 bits per heavy atom. The van der Waals surface area contributed by atoms with E-state index >= 15 is 0 Å². The van der Waals surface area contributed by atoms with E-state index in [0.717, 1.165) is 29.7 Å². The number of rotatable bonds is 6. The zero-order valence-corrected chi connectivity index (χ0v) is 14.4. The number of benzene rings is 1. The standard InChI is InChI=1S/C19H19N5O2/c1-26-15-4-2-14(3-5-15)19(8-9-19)18(25)21-12-16-22-17(24-23-16)13-6-10-20-11-7-13/h2-7,10-11H,8-9,12H2,1H3,(H,21,25)(H,22,23,24). The number of ether oxygens (including phenoxy) is 1. The maximum Gasteiger partial charge on any atom is 0.231 e. The topological polar surface area (TPSA) is 92.8 Å². The molecule has 1 aliphatic rings. The molecule has 26 heavy (non-hydrogen) atoms. The van der Waals surface area contributed by atoms with Crippen LogP contribution in [-0.2, 0) is 16.8 Å². The molecule has 4 rings (SSSR count). The summed E-state index contributed by atoms with van der Waals surface area (Å²) in [5.74, 6) is 2.02. The van der Waals surface area contributed by atoms with E-state index in [2.05, 4.69) is 25.5 Å². The number of methoxy groups -OCH3 is 1. The van der Waals surface area contributed by atoms with Gasteiger partial charge in [0.2, 0.25) is 5.91 Å². The highest BCUT2D eigenvalue weighted by molar-refractivity contribution is 5.91. The first-order valence-electron chi connectivity index (χ1n) is 8.46. The summed E-state index contributed by atoms with van der Waals surface area (Å²) in [5, 5.41) is 10.0. The third-order valence-electron chi connectivity index (χ3n) is 4.71. The molecule has 7 heteroatoms. The monoisotopic (exact) mass is 349 g/mol. The Hall–Kier alpha value is -3.22. The van der Waals surface area contributed by atoms with Gasteiger partial charge in [0.05, 0.1) is 19.1 Å². The third kappa shape index (κ3) is 3.03. The molecular weight excluding hydrogens is 330 g/mol. The molecule has 0 atom stereocenters. The minimum atomic E-state index is -0.430. The number of carbonyl (C=O) groups excluding carboxylic acids is 1. The Morgan fingerprint density at radius 1 is 1.19 bits per heavy atom. The molecule has 0 saturated heterocycles. The smallest absolute Gasteiger partial charge is 0.231 e. The van der Waals surface area contributed by atoms with Crippen LogP contribution in [0.25, 0.3) is 11.4 Å². The zero-order chi connectivity index (χ0) is 18.0. The fraction of sp³-hybridized carbons (Fsp3) is 0.263. The van der Waals surface area contributed by atoms with Crippen molar-refractivity contribution in [2.45, 2.75) is 24.8 Å². The number of amides is 1. The van der Waals surface area contributed by atoms with Crippen LogP contribution in [0.3, 0.4) is 0 Å². The van der Waals surface area contributed by atoms with Crippen LogP contribution < -0.4 is 10.1 Å². The minimum absolute atomic E-state index is 0.0181. The molecule has 7 nitrogen and oxygen atoms in total. The molecule has 0 aliphatic heterocycles. The van der Waals surface area contributed by atoms with E-state index in [0.29, 0.717) is 18.2 Å². The van der Waals surface area contributed by atoms with Crippen molar-refractivity contribution in [3.63, 3.8) is 0 Å². The number of nitrogens with zero attached hydrogens (tertiary/aromatic N) is 3. The molecule has 1 fully saturated rings. The maximum atomic E-state index is 12.7. The lowest BCUT2D eigenvalue weighted by atomic mass is 9.95. The molecule has 2 aromatic heterocycles. The van der Waals surface area contributed by atoms with Crippen molar-refractivity contribution in [3.05, 3.63) is 60.2 Å². The van der Waals surface area contributed by atoms with E-state index in [-0.39, 0.29) is 5.91 Å². The number of carbonyl (C=O) groups is 1. The van der Waals surface area contributed by atoms with Crippen LogP contribution in [0.2, 0.25) is 0 Å². The second-order valence-electron chi connectivity index (χ2n) is 6.33. The number of hydrogen-bond donors (Lipinski definition) is 2. The SMILES string of the molecule is COc1ccc(C2(C(=O)NCc3nc(-c4ccncc4)n[nH]3)CC2)cc1. The molecule has 1 amide bonds. The van der Waals surface area contributed by atoms with Gasteiger partial charge in [-0.25, -0.2) is 4.98 Å². The molecule has 3 aromatic rings. The number of pyridine rings is 1. The molecule has 0 bridgehead atoms. The van der Waals surface area contributed by atoms with Gasteiger partial charge in [0.1, 0.15) is 11.6 Å². The fourth-order valence-corrected chi connectivity index (χ4v) is 3.02. The Kier molecular flexibility index (Phi) is 4.12. The molecule has 132 valence electrons. The lowest BCUT2D eigenvalue weighted by Crippen LogP contribution is -2.34. The fourth-order valence-electron chi connectivity index (χ4n) is 3.02. The van der Waals surface area contributed by atoms with Crippen molar-refractivity contribution in [1.82, 2.24) is 25.5 Å². The van der Waals surface area contributed by atoms with Crippen LogP contribution >= 0.6 is 0 Å². The van der Waals surface area contributed by atoms with Gasteiger partial charge < -0.3 is 10.1 Å². The van der Waals surface area contributed by atoms with Crippen molar-refractivity contribution < 1.29 is 9.53 Å². The van der Waals surface area contributed by atoms with Crippen LogP contribution in [0.4, 0.5) is 0 Å². The van der Waals surface area contributed by atoms with E-state index in [1.807, 2.05) is 36.4 Å². The van der Waals surface area contributed by atoms with Gasteiger partial charge in [-0.2, -0.15) is 5.10 Å². The van der Waals surface area contributed by atoms with E-state index < -0.39 is 5.41 Å². The first kappa shape index (κ1) is 16.3. The predicted octanol–water partition coefficient (Wildman–Crippen LogP) is 2.22. The Labute approximate surface area is 150 Å². The number of H-pyrrole nitrogens is 1. The van der Waals surface area contributed by atoms with Crippen LogP contribution in [0, 0.1) is 0 Å². The third-order valence-corrected chi connectivity index (χ3v) is 4.71. The highest BCUT2D eigenvalue weighted by Crippen LogP contribution is 2.48. The van der Waals surface area contributed by atoms with E-state index in [4.69, 9.17) is 4.74 Å². The molecule has 0 spiro atoms. The number of nitrogens with one attached hydrogen (secondary N) is 2. The number of aromatic nitrogens is 4. The summed E-state index contributed by atoms with van der Waals surface area (Å²) in [5.41, 5.74) is 1.47. The van der Waals surface area contributed by atoms with Crippen LogP contribution in [0.5, 0.6) is 5.75 Å². The summed E-state index contributed by atoms with van der Waals surface area (Å²) in [6.45, 7) is 0.314. The highest BCUT2D eigenvalue weighted by atomic mass is 16.5. The Bertz CT molecular complexity index is 901. The Morgan fingerprint density at radius 2 is 1.92 bits per heavy atom. The Balaban J connectivity index is 1.42. The van der Waals surface area contributed by atoms with Crippen LogP contribution in [0.15, 0.2) is 48.8 Å². The maximum absolute atomic E-state index is 12.7. The molecule has 0 radical (unpaired) electrons. The molecule has 1 saturated carbocycles. The molecule has 2 N–H and O–H groups in total. The van der Waals surface area contributed by atoms with Crippen molar-refractivity contribution in [2.24, 2.45) is 0 Å². The molecule has 1 aliphatic carbocycles. The average Bonchev–Trinajstić information content (AvgIpc) is 3.38. The van der Waals surface area contributed by atoms with Gasteiger partial charge in [-0.05, 0) is 42.7 Å². The van der Waals surface area contributed by atoms with Gasteiger partial charge in [0.25, 0.3) is 0 Å². The van der Waals surface area contributed by atoms with Gasteiger partial charge in [-0.3, -0.25) is 14.9 Å². The van der Waals surface area contributed by atoms with Crippen LogP contribution in [0.1, 0.15) is 24.2 Å². The first-order chi connectivity index (χ1) is 12.7. The summed E-state index contributed by atoms with van der Waals surface area (Å²) in [6.07, 6.45) is 5.09. The molecular formula is C19H19N5O2. The lowest BCUT2D eigenvalue weighted by Gasteiger charge is -2.15. The minimum Gasteiger partial charge on any atom is -0.497 e. The molecule has 1 aromatic carbocycles. The summed E-state index contributed by atoms with van der Waals surface area (Å²) < 4.78 is 5.18. The lowest BCUT2D eigenvalue weighted by molar-refractivity contribution is -0.123. The average molecular weight is 349 g/mol. The second-order valence-corrected chi connectivity index (χ2v) is 6.33. The van der Waals surface area contributed by atoms with Crippen molar-refractivity contribution in [2.75, 3.05) is 7.11 Å². The largest absolute Gasteiger partial charge is 0.497 e. The number of aromatic amines is 1. The first-order valence-corrected chi connectivity index (χ1v) is 8.46. The van der Waals surface area contributed by atoms with Gasteiger partial charge in [-0.15, -0.1) is 0 Å². The van der Waals surface area contributed by atoms with Crippen LogP contribution in [-0.4, -0.2) is 33.2 Å². The summed E-state index contributed by atoms with van der Waals surface area (Å²) in [7, 11) is 1.63. The second kappa shape index (κ2) is 6.59. The van der Waals surface area contributed by atoms with E-state index in [9.17, 15) is 4.79 Å². The van der Waals surface area contributed by atoms with Gasteiger partial charge in [0, 0.05) is 18.0 Å². The van der Waals surface area contributed by atoms with E-state index in [1.54, 1.807) is 19.5 Å². The highest BCUT2D eigenvalue weighted by Gasteiger charge is 2.51. The summed E-state index contributed by atoms with van der Waals surface area (Å²) in [6, 6.07) is 11.4. The van der Waals surface area contributed by atoms with E-state index in [1.165, 1.54) is 0 Å². The normalized spacial score (nSPS) is 14.7. The molecule has 2 heterocycles. The summed E-state index contributed by atoms with van der Waals surface area (Å²) >= 11 is 0. The van der Waals surface area contributed by atoms with Crippen molar-refractivity contribution in [1.29, 1.82) is 0 Å². The molecule has 0 unspecified atom stereocenters. The van der Waals surface area contributed by atoms with Crippen molar-refractivity contribution in [3.8, 4) is 17.1 Å². The zero-order valence-electron chi connectivity index (χ0n) is 14.4.